The molecule has 2 aliphatic rings. The third-order valence-electron chi connectivity index (χ3n) is 5.76. The van der Waals surface area contributed by atoms with Gasteiger partial charge < -0.3 is 19.9 Å². The monoisotopic (exact) mass is 472 g/mol. The molecule has 33 heavy (non-hydrogen) atoms. The normalized spacial score (nSPS) is 17.6. The number of sulfonamides is 1. The van der Waals surface area contributed by atoms with Gasteiger partial charge in [0.25, 0.3) is 5.91 Å². The molecule has 2 saturated heterocycles. The van der Waals surface area contributed by atoms with Crippen LogP contribution in [0.25, 0.3) is 0 Å². The van der Waals surface area contributed by atoms with E-state index < -0.39 is 10.0 Å². The van der Waals surface area contributed by atoms with Crippen molar-refractivity contribution in [2.45, 2.75) is 6.42 Å². The zero-order chi connectivity index (χ0) is 23.4. The highest BCUT2D eigenvalue weighted by molar-refractivity contribution is 7.93. The molecule has 176 valence electrons. The van der Waals surface area contributed by atoms with E-state index in [0.29, 0.717) is 43.1 Å². The molecule has 2 aromatic carbocycles. The third-order valence-corrected chi connectivity index (χ3v) is 7.63. The molecule has 0 spiro atoms. The second kappa shape index (κ2) is 9.80. The minimum absolute atomic E-state index is 0.105. The van der Waals surface area contributed by atoms with E-state index in [4.69, 9.17) is 4.74 Å². The van der Waals surface area contributed by atoms with Crippen molar-refractivity contribution >= 4 is 38.9 Å². The standard InChI is InChI=1S/C23H28N4O5S/c1-25(23(29)18-3-7-21(8-4-18)27-11-2-16-33(27,30)31)17-22(28)24-19-5-9-20(10-6-19)26-12-14-32-15-13-26/h3-10H,2,11-17H2,1H3,(H,24,28). The van der Waals surface area contributed by atoms with Gasteiger partial charge in [-0.15, -0.1) is 0 Å². The summed E-state index contributed by atoms with van der Waals surface area (Å²) < 4.78 is 30.8. The highest BCUT2D eigenvalue weighted by atomic mass is 32.2. The first-order chi connectivity index (χ1) is 15.8. The summed E-state index contributed by atoms with van der Waals surface area (Å²) in [7, 11) is -1.71. The van der Waals surface area contributed by atoms with Crippen molar-refractivity contribution in [1.29, 1.82) is 0 Å². The number of hydrogen-bond acceptors (Lipinski definition) is 6. The van der Waals surface area contributed by atoms with Crippen molar-refractivity contribution in [2.24, 2.45) is 0 Å². The molecule has 0 atom stereocenters. The van der Waals surface area contributed by atoms with Gasteiger partial charge in [0.15, 0.2) is 0 Å². The Labute approximate surface area is 194 Å². The number of carbonyl (C=O) groups is 2. The summed E-state index contributed by atoms with van der Waals surface area (Å²) in [4.78, 5) is 28.7. The number of morpholine rings is 1. The van der Waals surface area contributed by atoms with Crippen LogP contribution in [0.15, 0.2) is 48.5 Å². The van der Waals surface area contributed by atoms with Crippen LogP contribution in [-0.2, 0) is 19.6 Å². The second-order valence-electron chi connectivity index (χ2n) is 8.14. The number of likely N-dealkylation sites (N-methyl/N-ethyl adjacent to an activating group) is 1. The molecule has 1 N–H and O–H groups in total. The number of amides is 2. The van der Waals surface area contributed by atoms with Gasteiger partial charge in [0.1, 0.15) is 0 Å². The van der Waals surface area contributed by atoms with Crippen LogP contribution in [0.3, 0.4) is 0 Å². The predicted molar refractivity (Wildman–Crippen MR) is 127 cm³/mol. The summed E-state index contributed by atoms with van der Waals surface area (Å²) in [6, 6.07) is 14.0. The van der Waals surface area contributed by atoms with E-state index >= 15 is 0 Å². The van der Waals surface area contributed by atoms with Crippen LogP contribution in [0.5, 0.6) is 0 Å². The van der Waals surface area contributed by atoms with E-state index in [1.165, 1.54) is 9.21 Å². The Hall–Kier alpha value is -3.11. The molecule has 2 fully saturated rings. The molecule has 2 aromatic rings. The summed E-state index contributed by atoms with van der Waals surface area (Å²) in [6.07, 6.45) is 0.594. The molecule has 0 bridgehead atoms. The molecule has 0 unspecified atom stereocenters. The first-order valence-corrected chi connectivity index (χ1v) is 12.5. The lowest BCUT2D eigenvalue weighted by Crippen LogP contribution is -2.36. The minimum atomic E-state index is -3.27. The van der Waals surface area contributed by atoms with Crippen LogP contribution in [0.4, 0.5) is 17.1 Å². The van der Waals surface area contributed by atoms with E-state index in [2.05, 4.69) is 10.2 Å². The van der Waals surface area contributed by atoms with E-state index in [0.717, 1.165) is 18.8 Å². The largest absolute Gasteiger partial charge is 0.378 e. The zero-order valence-electron chi connectivity index (χ0n) is 18.6. The van der Waals surface area contributed by atoms with Crippen LogP contribution in [0, 0.1) is 0 Å². The van der Waals surface area contributed by atoms with Gasteiger partial charge in [-0.1, -0.05) is 0 Å². The summed E-state index contributed by atoms with van der Waals surface area (Å²) >= 11 is 0. The number of ether oxygens (including phenoxy) is 1. The zero-order valence-corrected chi connectivity index (χ0v) is 19.4. The van der Waals surface area contributed by atoms with Gasteiger partial charge in [-0.05, 0) is 55.0 Å². The number of anilines is 3. The van der Waals surface area contributed by atoms with Gasteiger partial charge in [0.05, 0.1) is 31.2 Å². The molecule has 10 heteroatoms. The predicted octanol–water partition coefficient (Wildman–Crippen LogP) is 1.77. The lowest BCUT2D eigenvalue weighted by Gasteiger charge is -2.28. The Morgan fingerprint density at radius 3 is 2.21 bits per heavy atom. The van der Waals surface area contributed by atoms with Gasteiger partial charge in [-0.25, -0.2) is 8.42 Å². The van der Waals surface area contributed by atoms with Crippen molar-refractivity contribution in [3.05, 3.63) is 54.1 Å². The number of nitrogens with zero attached hydrogens (tertiary/aromatic N) is 3. The first-order valence-electron chi connectivity index (χ1n) is 10.9. The Morgan fingerprint density at radius 1 is 0.970 bits per heavy atom. The quantitative estimate of drug-likeness (QED) is 0.688. The molecular formula is C23H28N4O5S. The smallest absolute Gasteiger partial charge is 0.254 e. The SMILES string of the molecule is CN(CC(=O)Nc1ccc(N2CCOCC2)cc1)C(=O)c1ccc(N2CCCS2(=O)=O)cc1. The van der Waals surface area contributed by atoms with Crippen LogP contribution >= 0.6 is 0 Å². The van der Waals surface area contributed by atoms with Crippen LogP contribution in [-0.4, -0.2) is 77.3 Å². The van der Waals surface area contributed by atoms with Gasteiger partial charge >= 0.3 is 0 Å². The molecule has 2 amide bonds. The summed E-state index contributed by atoms with van der Waals surface area (Å²) in [5, 5.41) is 2.82. The lowest BCUT2D eigenvalue weighted by atomic mass is 10.2. The number of benzene rings is 2. The minimum Gasteiger partial charge on any atom is -0.378 e. The maximum atomic E-state index is 12.7. The lowest BCUT2D eigenvalue weighted by molar-refractivity contribution is -0.116. The highest BCUT2D eigenvalue weighted by Crippen LogP contribution is 2.24. The van der Waals surface area contributed by atoms with Crippen molar-refractivity contribution in [1.82, 2.24) is 4.90 Å². The molecular weight excluding hydrogens is 444 g/mol. The number of rotatable bonds is 6. The molecule has 0 aromatic heterocycles. The van der Waals surface area contributed by atoms with Gasteiger partial charge in [0, 0.05) is 43.6 Å². The van der Waals surface area contributed by atoms with Crippen LogP contribution in [0.1, 0.15) is 16.8 Å². The fourth-order valence-electron chi connectivity index (χ4n) is 3.99. The Kier molecular flexibility index (Phi) is 6.85. The molecule has 2 heterocycles. The molecule has 0 radical (unpaired) electrons. The van der Waals surface area contributed by atoms with Crippen molar-refractivity contribution in [2.75, 3.05) is 66.7 Å². The second-order valence-corrected chi connectivity index (χ2v) is 10.2. The van der Waals surface area contributed by atoms with Crippen LogP contribution in [0.2, 0.25) is 0 Å². The molecule has 4 rings (SSSR count). The van der Waals surface area contributed by atoms with Crippen molar-refractivity contribution in [3.63, 3.8) is 0 Å². The maximum absolute atomic E-state index is 12.7. The molecule has 2 aliphatic heterocycles. The van der Waals surface area contributed by atoms with Crippen molar-refractivity contribution < 1.29 is 22.7 Å². The fourth-order valence-corrected chi connectivity index (χ4v) is 5.55. The average Bonchev–Trinajstić information content (AvgIpc) is 3.18. The van der Waals surface area contributed by atoms with Gasteiger partial charge in [-0.2, -0.15) is 0 Å². The topological polar surface area (TPSA) is 99.3 Å². The number of carbonyl (C=O) groups excluding carboxylic acids is 2. The van der Waals surface area contributed by atoms with E-state index in [1.807, 2.05) is 24.3 Å². The summed E-state index contributed by atoms with van der Waals surface area (Å²) in [5.41, 5.74) is 2.67. The average molecular weight is 473 g/mol. The molecule has 0 saturated carbocycles. The van der Waals surface area contributed by atoms with Crippen LogP contribution < -0.4 is 14.5 Å². The Morgan fingerprint density at radius 2 is 1.61 bits per heavy atom. The fraction of sp³-hybridized carbons (Fsp3) is 0.391. The van der Waals surface area contributed by atoms with E-state index in [1.54, 1.807) is 31.3 Å². The van der Waals surface area contributed by atoms with Gasteiger partial charge in [-0.3, -0.25) is 13.9 Å². The number of hydrogen-bond donors (Lipinski definition) is 1. The van der Waals surface area contributed by atoms with Crippen molar-refractivity contribution in [3.8, 4) is 0 Å². The first kappa shape index (κ1) is 23.1. The summed E-state index contributed by atoms with van der Waals surface area (Å²) in [6.45, 7) is 3.44. The summed E-state index contributed by atoms with van der Waals surface area (Å²) in [5.74, 6) is -0.477. The Bertz CT molecular complexity index is 1100. The maximum Gasteiger partial charge on any atom is 0.254 e. The Balaban J connectivity index is 1.31. The van der Waals surface area contributed by atoms with E-state index in [-0.39, 0.29) is 24.1 Å². The molecule has 0 aliphatic carbocycles. The van der Waals surface area contributed by atoms with E-state index in [9.17, 15) is 18.0 Å². The number of nitrogens with one attached hydrogen (secondary N) is 1. The molecule has 9 nitrogen and oxygen atoms in total. The van der Waals surface area contributed by atoms with Gasteiger partial charge in [0.2, 0.25) is 15.9 Å². The highest BCUT2D eigenvalue weighted by Gasteiger charge is 2.28. The third kappa shape index (κ3) is 5.45.